The number of nitrogens with two attached hydrogens (primary N) is 2. The summed E-state index contributed by atoms with van der Waals surface area (Å²) in [7, 11) is 0. The molecular formula is C24H29N3O2. The Morgan fingerprint density at radius 1 is 1.10 bits per heavy atom. The first-order valence-corrected chi connectivity index (χ1v) is 10.4. The number of rotatable bonds is 6. The number of esters is 1. The summed E-state index contributed by atoms with van der Waals surface area (Å²) in [5.41, 5.74) is 14.1. The van der Waals surface area contributed by atoms with Gasteiger partial charge >= 0.3 is 5.97 Å². The number of anilines is 2. The molecule has 0 radical (unpaired) electrons. The molecule has 1 fully saturated rings. The standard InChI is InChI=1S/C24H29N3O2/c1-2-3-4-16-5-7-17(8-6-16)18-9-10-23(20(11-18)15-25)29-24(28)19-12-21(26)14-22(27)13-19/h9-14,16-17H,2-8,26-27H2,1H3. The molecule has 2 aromatic rings. The van der Waals surface area contributed by atoms with E-state index in [1.165, 1.54) is 44.2 Å². The highest BCUT2D eigenvalue weighted by molar-refractivity contribution is 5.93. The molecule has 5 heteroatoms. The Hall–Kier alpha value is -3.00. The van der Waals surface area contributed by atoms with Crippen LogP contribution in [0, 0.1) is 17.2 Å². The average molecular weight is 392 g/mol. The van der Waals surface area contributed by atoms with Crippen LogP contribution in [-0.4, -0.2) is 5.97 Å². The van der Waals surface area contributed by atoms with E-state index in [9.17, 15) is 10.1 Å². The molecule has 0 spiro atoms. The molecule has 0 unspecified atom stereocenters. The highest BCUT2D eigenvalue weighted by Crippen LogP contribution is 2.38. The molecule has 4 N–H and O–H groups in total. The zero-order valence-corrected chi connectivity index (χ0v) is 17.0. The molecule has 1 saturated carbocycles. The first-order chi connectivity index (χ1) is 14.0. The Labute approximate surface area is 172 Å². The Balaban J connectivity index is 1.69. The number of unbranched alkanes of at least 4 members (excludes halogenated alkanes) is 1. The van der Waals surface area contributed by atoms with Crippen molar-refractivity contribution in [2.75, 3.05) is 11.5 Å². The Bertz CT molecular complexity index is 889. The second kappa shape index (κ2) is 9.47. The normalized spacial score (nSPS) is 18.8. The van der Waals surface area contributed by atoms with Gasteiger partial charge in [0.2, 0.25) is 0 Å². The van der Waals surface area contributed by atoms with E-state index in [4.69, 9.17) is 16.2 Å². The lowest BCUT2D eigenvalue weighted by molar-refractivity contribution is 0.0734. The van der Waals surface area contributed by atoms with E-state index >= 15 is 0 Å². The van der Waals surface area contributed by atoms with Gasteiger partial charge < -0.3 is 16.2 Å². The third kappa shape index (κ3) is 5.29. The number of hydrogen-bond acceptors (Lipinski definition) is 5. The zero-order chi connectivity index (χ0) is 20.8. The fourth-order valence-corrected chi connectivity index (χ4v) is 4.21. The van der Waals surface area contributed by atoms with E-state index in [0.29, 0.717) is 22.9 Å². The van der Waals surface area contributed by atoms with Crippen LogP contribution in [-0.2, 0) is 0 Å². The summed E-state index contributed by atoms with van der Waals surface area (Å²) >= 11 is 0. The molecule has 0 aliphatic heterocycles. The second-order valence-corrected chi connectivity index (χ2v) is 8.01. The quantitative estimate of drug-likeness (QED) is 0.389. The molecule has 2 aromatic carbocycles. The Morgan fingerprint density at radius 2 is 1.79 bits per heavy atom. The fourth-order valence-electron chi connectivity index (χ4n) is 4.21. The zero-order valence-electron chi connectivity index (χ0n) is 17.0. The van der Waals surface area contributed by atoms with Crippen LogP contribution in [0.25, 0.3) is 0 Å². The highest BCUT2D eigenvalue weighted by atomic mass is 16.5. The van der Waals surface area contributed by atoms with Crippen molar-refractivity contribution in [2.45, 2.75) is 57.8 Å². The van der Waals surface area contributed by atoms with Crippen molar-refractivity contribution in [3.63, 3.8) is 0 Å². The number of ether oxygens (including phenoxy) is 1. The van der Waals surface area contributed by atoms with Crippen molar-refractivity contribution in [1.82, 2.24) is 0 Å². The van der Waals surface area contributed by atoms with Crippen LogP contribution in [0.3, 0.4) is 0 Å². The minimum absolute atomic E-state index is 0.263. The van der Waals surface area contributed by atoms with Crippen molar-refractivity contribution >= 4 is 17.3 Å². The lowest BCUT2D eigenvalue weighted by atomic mass is 9.77. The first kappa shape index (κ1) is 20.7. The maximum atomic E-state index is 12.5. The average Bonchev–Trinajstić information content (AvgIpc) is 2.72. The fraction of sp³-hybridized carbons (Fsp3) is 0.417. The molecule has 152 valence electrons. The van der Waals surface area contributed by atoms with Crippen LogP contribution in [0.1, 0.15) is 79.3 Å². The third-order valence-corrected chi connectivity index (χ3v) is 5.82. The predicted molar refractivity (Wildman–Crippen MR) is 116 cm³/mol. The summed E-state index contributed by atoms with van der Waals surface area (Å²) in [5, 5.41) is 9.57. The van der Waals surface area contributed by atoms with E-state index in [2.05, 4.69) is 13.0 Å². The number of nitrogen functional groups attached to an aromatic ring is 2. The van der Waals surface area contributed by atoms with Gasteiger partial charge in [-0.2, -0.15) is 5.26 Å². The molecule has 1 aliphatic rings. The Morgan fingerprint density at radius 3 is 2.41 bits per heavy atom. The van der Waals surface area contributed by atoms with Crippen molar-refractivity contribution < 1.29 is 9.53 Å². The monoisotopic (exact) mass is 391 g/mol. The minimum Gasteiger partial charge on any atom is -0.422 e. The molecule has 1 aliphatic carbocycles. The summed E-state index contributed by atoms with van der Waals surface area (Å²) in [6, 6.07) is 12.3. The number of hydrogen-bond donors (Lipinski definition) is 2. The van der Waals surface area contributed by atoms with Gasteiger partial charge in [-0.1, -0.05) is 32.3 Å². The van der Waals surface area contributed by atoms with E-state index in [-0.39, 0.29) is 11.3 Å². The molecule has 5 nitrogen and oxygen atoms in total. The van der Waals surface area contributed by atoms with Crippen molar-refractivity contribution in [2.24, 2.45) is 5.92 Å². The van der Waals surface area contributed by atoms with Crippen molar-refractivity contribution in [1.29, 1.82) is 5.26 Å². The number of carbonyl (C=O) groups is 1. The van der Waals surface area contributed by atoms with Gasteiger partial charge in [0.25, 0.3) is 0 Å². The Kier molecular flexibility index (Phi) is 6.77. The molecule has 0 saturated heterocycles. The number of carbonyl (C=O) groups excluding carboxylic acids is 1. The number of nitriles is 1. The van der Waals surface area contributed by atoms with Gasteiger partial charge in [-0.3, -0.25) is 0 Å². The highest BCUT2D eigenvalue weighted by Gasteiger charge is 2.23. The molecule has 29 heavy (non-hydrogen) atoms. The van der Waals surface area contributed by atoms with E-state index in [1.807, 2.05) is 12.1 Å². The summed E-state index contributed by atoms with van der Waals surface area (Å²) < 4.78 is 5.46. The van der Waals surface area contributed by atoms with Gasteiger partial charge in [0.15, 0.2) is 0 Å². The number of nitrogens with zero attached hydrogens (tertiary/aromatic N) is 1. The number of benzene rings is 2. The lowest BCUT2D eigenvalue weighted by Crippen LogP contribution is -2.14. The van der Waals surface area contributed by atoms with E-state index in [1.54, 1.807) is 12.1 Å². The van der Waals surface area contributed by atoms with E-state index < -0.39 is 5.97 Å². The minimum atomic E-state index is -0.579. The second-order valence-electron chi connectivity index (χ2n) is 8.01. The predicted octanol–water partition coefficient (Wildman–Crippen LogP) is 5.41. The van der Waals surface area contributed by atoms with Crippen molar-refractivity contribution in [3.05, 3.63) is 53.1 Å². The summed E-state index contributed by atoms with van der Waals surface area (Å²) in [6.07, 6.45) is 8.71. The molecule has 3 rings (SSSR count). The largest absolute Gasteiger partial charge is 0.422 e. The third-order valence-electron chi connectivity index (χ3n) is 5.82. The maximum Gasteiger partial charge on any atom is 0.343 e. The molecule has 0 amide bonds. The van der Waals surface area contributed by atoms with Gasteiger partial charge in [0, 0.05) is 11.4 Å². The SMILES string of the molecule is CCCCC1CCC(c2ccc(OC(=O)c3cc(N)cc(N)c3)c(C#N)c2)CC1. The molecule has 0 bridgehead atoms. The van der Waals surface area contributed by atoms with Crippen LogP contribution < -0.4 is 16.2 Å². The molecule has 0 aromatic heterocycles. The van der Waals surface area contributed by atoms with Crippen LogP contribution >= 0.6 is 0 Å². The van der Waals surface area contributed by atoms with Crippen LogP contribution in [0.5, 0.6) is 5.75 Å². The van der Waals surface area contributed by atoms with Gasteiger partial charge in [-0.05, 0) is 73.4 Å². The first-order valence-electron chi connectivity index (χ1n) is 10.4. The maximum absolute atomic E-state index is 12.5. The summed E-state index contributed by atoms with van der Waals surface area (Å²) in [6.45, 7) is 2.24. The van der Waals surface area contributed by atoms with E-state index in [0.717, 1.165) is 24.3 Å². The van der Waals surface area contributed by atoms with Gasteiger partial charge in [0.1, 0.15) is 11.8 Å². The van der Waals surface area contributed by atoms with Crippen molar-refractivity contribution in [3.8, 4) is 11.8 Å². The van der Waals surface area contributed by atoms with Crippen LogP contribution in [0.2, 0.25) is 0 Å². The lowest BCUT2D eigenvalue weighted by Gasteiger charge is -2.29. The van der Waals surface area contributed by atoms with Crippen LogP contribution in [0.4, 0.5) is 11.4 Å². The molecule has 0 atom stereocenters. The van der Waals surface area contributed by atoms with Crippen LogP contribution in [0.15, 0.2) is 36.4 Å². The smallest absolute Gasteiger partial charge is 0.343 e. The van der Waals surface area contributed by atoms with Gasteiger partial charge in [-0.25, -0.2) is 4.79 Å². The molecule has 0 heterocycles. The topological polar surface area (TPSA) is 102 Å². The summed E-state index contributed by atoms with van der Waals surface area (Å²) in [5.74, 6) is 0.995. The molecular weight excluding hydrogens is 362 g/mol. The summed E-state index contributed by atoms with van der Waals surface area (Å²) in [4.78, 5) is 12.5. The van der Waals surface area contributed by atoms with Gasteiger partial charge in [0.05, 0.1) is 11.1 Å². The van der Waals surface area contributed by atoms with Gasteiger partial charge in [-0.15, -0.1) is 0 Å².